The molecule has 0 spiro atoms. The van der Waals surface area contributed by atoms with Crippen LogP contribution in [-0.4, -0.2) is 48.3 Å². The first-order chi connectivity index (χ1) is 10.7. The van der Waals surface area contributed by atoms with Crippen molar-refractivity contribution < 1.29 is 13.9 Å². The van der Waals surface area contributed by atoms with E-state index in [2.05, 4.69) is 17.0 Å². The molecule has 3 unspecified atom stereocenters. The second-order valence-electron chi connectivity index (χ2n) is 5.76. The summed E-state index contributed by atoms with van der Waals surface area (Å²) in [6.45, 7) is 4.14. The molecule has 6 heteroatoms. The average molecular weight is 307 g/mol. The number of nitrogens with zero attached hydrogens (tertiary/aromatic N) is 3. The van der Waals surface area contributed by atoms with Gasteiger partial charge in [0.05, 0.1) is 30.8 Å². The maximum absolute atomic E-state index is 13.3. The van der Waals surface area contributed by atoms with Crippen molar-refractivity contribution >= 4 is 6.21 Å². The van der Waals surface area contributed by atoms with Gasteiger partial charge < -0.3 is 9.47 Å². The van der Waals surface area contributed by atoms with Crippen LogP contribution in [0.25, 0.3) is 0 Å². The highest BCUT2D eigenvalue weighted by molar-refractivity contribution is 5.69. The van der Waals surface area contributed by atoms with Crippen molar-refractivity contribution in [2.24, 2.45) is 5.10 Å². The molecule has 2 aliphatic heterocycles. The molecule has 0 saturated carbocycles. The third kappa shape index (κ3) is 3.62. The number of halogens is 1. The van der Waals surface area contributed by atoms with Gasteiger partial charge in [0.1, 0.15) is 5.82 Å². The summed E-state index contributed by atoms with van der Waals surface area (Å²) in [6.07, 6.45) is 6.51. The van der Waals surface area contributed by atoms with Crippen LogP contribution < -0.4 is 0 Å². The summed E-state index contributed by atoms with van der Waals surface area (Å²) < 4.78 is 24.6. The molecular formula is C16H22FN3O2. The van der Waals surface area contributed by atoms with Crippen molar-refractivity contribution in [2.45, 2.75) is 44.4 Å². The largest absolute Gasteiger partial charge is 0.353 e. The first kappa shape index (κ1) is 15.4. The molecule has 5 nitrogen and oxygen atoms in total. The van der Waals surface area contributed by atoms with Gasteiger partial charge in [0.25, 0.3) is 0 Å². The summed E-state index contributed by atoms with van der Waals surface area (Å²) in [5.74, 6) is -0.247. The minimum Gasteiger partial charge on any atom is -0.353 e. The van der Waals surface area contributed by atoms with Crippen molar-refractivity contribution in [3.05, 3.63) is 29.8 Å². The summed E-state index contributed by atoms with van der Waals surface area (Å²) in [5, 5.41) is 6.38. The quantitative estimate of drug-likeness (QED) is 0.839. The number of hydrogen-bond donors (Lipinski definition) is 0. The molecule has 22 heavy (non-hydrogen) atoms. The molecule has 3 heterocycles. The van der Waals surface area contributed by atoms with Crippen LogP contribution in [-0.2, 0) is 9.47 Å². The molecule has 1 fully saturated rings. The van der Waals surface area contributed by atoms with Crippen LogP contribution in [0.2, 0.25) is 0 Å². The van der Waals surface area contributed by atoms with E-state index in [1.807, 2.05) is 11.2 Å². The van der Waals surface area contributed by atoms with Crippen LogP contribution in [0.15, 0.2) is 23.4 Å². The van der Waals surface area contributed by atoms with Crippen molar-refractivity contribution in [3.63, 3.8) is 0 Å². The predicted octanol–water partition coefficient (Wildman–Crippen LogP) is 2.54. The minimum absolute atomic E-state index is 0.0154. The first-order valence-electron chi connectivity index (χ1n) is 7.89. The van der Waals surface area contributed by atoms with Gasteiger partial charge in [0, 0.05) is 19.0 Å². The number of aromatic nitrogens is 1. The third-order valence-electron chi connectivity index (χ3n) is 4.21. The molecule has 0 amide bonds. The Morgan fingerprint density at radius 2 is 2.36 bits per heavy atom. The van der Waals surface area contributed by atoms with E-state index in [-0.39, 0.29) is 24.1 Å². The van der Waals surface area contributed by atoms with Crippen LogP contribution >= 0.6 is 0 Å². The van der Waals surface area contributed by atoms with Crippen molar-refractivity contribution in [2.75, 3.05) is 19.8 Å². The molecule has 0 radical (unpaired) electrons. The van der Waals surface area contributed by atoms with Gasteiger partial charge in [0.15, 0.2) is 6.29 Å². The number of pyridine rings is 1. The zero-order chi connectivity index (χ0) is 15.4. The second-order valence-corrected chi connectivity index (χ2v) is 5.76. The van der Waals surface area contributed by atoms with Crippen molar-refractivity contribution in [1.82, 2.24) is 9.99 Å². The van der Waals surface area contributed by atoms with Crippen LogP contribution in [0.4, 0.5) is 4.39 Å². The van der Waals surface area contributed by atoms with Gasteiger partial charge in [-0.1, -0.05) is 0 Å². The number of hydrazone groups is 1. The zero-order valence-electron chi connectivity index (χ0n) is 12.8. The molecule has 1 aromatic rings. The number of hydrogen-bond acceptors (Lipinski definition) is 5. The Labute approximate surface area is 130 Å². The summed E-state index contributed by atoms with van der Waals surface area (Å²) in [6, 6.07) is 2.98. The van der Waals surface area contributed by atoms with E-state index in [1.165, 1.54) is 18.3 Å². The topological polar surface area (TPSA) is 47.0 Å². The summed E-state index contributed by atoms with van der Waals surface area (Å²) in [5.41, 5.74) is 0.718. The Bertz CT molecular complexity index is 520. The lowest BCUT2D eigenvalue weighted by Crippen LogP contribution is -2.33. The second kappa shape index (κ2) is 7.15. The lowest BCUT2D eigenvalue weighted by Gasteiger charge is -2.26. The Balaban J connectivity index is 1.49. The van der Waals surface area contributed by atoms with E-state index in [9.17, 15) is 4.39 Å². The van der Waals surface area contributed by atoms with Gasteiger partial charge in [0.2, 0.25) is 0 Å². The van der Waals surface area contributed by atoms with Crippen LogP contribution in [0.3, 0.4) is 0 Å². The van der Waals surface area contributed by atoms with Gasteiger partial charge in [-0.3, -0.25) is 9.99 Å². The molecule has 0 bridgehead atoms. The van der Waals surface area contributed by atoms with E-state index >= 15 is 0 Å². The Hall–Kier alpha value is -1.53. The average Bonchev–Trinajstić information content (AvgIpc) is 2.90. The first-order valence-corrected chi connectivity index (χ1v) is 7.89. The summed E-state index contributed by atoms with van der Waals surface area (Å²) >= 11 is 0. The molecule has 2 aliphatic rings. The fraction of sp³-hybridized carbons (Fsp3) is 0.625. The highest BCUT2D eigenvalue weighted by Gasteiger charge is 2.29. The van der Waals surface area contributed by atoms with Gasteiger partial charge in [-0.05, 0) is 38.3 Å². The molecule has 3 atom stereocenters. The van der Waals surface area contributed by atoms with Crippen LogP contribution in [0.1, 0.15) is 37.8 Å². The minimum atomic E-state index is -0.262. The highest BCUT2D eigenvalue weighted by Crippen LogP contribution is 2.26. The maximum atomic E-state index is 13.3. The fourth-order valence-electron chi connectivity index (χ4n) is 2.88. The Kier molecular flexibility index (Phi) is 5.00. The lowest BCUT2D eigenvalue weighted by atomic mass is 9.99. The van der Waals surface area contributed by atoms with E-state index in [0.717, 1.165) is 31.6 Å². The normalized spacial score (nSPS) is 28.3. The van der Waals surface area contributed by atoms with Crippen LogP contribution in [0.5, 0.6) is 0 Å². The third-order valence-corrected chi connectivity index (χ3v) is 4.21. The Morgan fingerprint density at radius 1 is 1.45 bits per heavy atom. The van der Waals surface area contributed by atoms with E-state index < -0.39 is 0 Å². The molecule has 0 N–H and O–H groups in total. The van der Waals surface area contributed by atoms with E-state index in [4.69, 9.17) is 9.47 Å². The summed E-state index contributed by atoms with van der Waals surface area (Å²) in [7, 11) is 0. The van der Waals surface area contributed by atoms with Crippen molar-refractivity contribution in [1.29, 1.82) is 0 Å². The van der Waals surface area contributed by atoms with Gasteiger partial charge in [-0.25, -0.2) is 4.39 Å². The number of ether oxygens (including phenoxy) is 2. The Morgan fingerprint density at radius 3 is 3.14 bits per heavy atom. The standard InChI is InChI=1S/C16H22FN3O2/c1-12-14(15-10-13(17)5-6-18-15)11-19-20(12)7-9-22-16-4-2-3-8-21-16/h5-6,10-12,14,16H,2-4,7-9H2,1H3. The number of rotatable bonds is 5. The maximum Gasteiger partial charge on any atom is 0.157 e. The molecule has 1 saturated heterocycles. The van der Waals surface area contributed by atoms with Crippen LogP contribution in [0, 0.1) is 5.82 Å². The van der Waals surface area contributed by atoms with Crippen molar-refractivity contribution in [3.8, 4) is 0 Å². The summed E-state index contributed by atoms with van der Waals surface area (Å²) in [4.78, 5) is 4.25. The zero-order valence-corrected chi connectivity index (χ0v) is 12.8. The SMILES string of the molecule is CC1C(c2cc(F)ccn2)C=NN1CCOC1CCCCO1. The fourth-order valence-corrected chi connectivity index (χ4v) is 2.88. The van der Waals surface area contributed by atoms with Gasteiger partial charge in [-0.15, -0.1) is 0 Å². The van der Waals surface area contributed by atoms with Gasteiger partial charge in [-0.2, -0.15) is 5.10 Å². The smallest absolute Gasteiger partial charge is 0.157 e. The molecular weight excluding hydrogens is 285 g/mol. The van der Waals surface area contributed by atoms with Gasteiger partial charge >= 0.3 is 0 Å². The molecule has 0 aromatic carbocycles. The highest BCUT2D eigenvalue weighted by atomic mass is 19.1. The molecule has 120 valence electrons. The molecule has 0 aliphatic carbocycles. The van der Waals surface area contributed by atoms with E-state index in [1.54, 1.807) is 0 Å². The monoisotopic (exact) mass is 307 g/mol. The lowest BCUT2D eigenvalue weighted by molar-refractivity contribution is -0.164. The van der Waals surface area contributed by atoms with E-state index in [0.29, 0.717) is 13.2 Å². The molecule has 3 rings (SSSR count). The predicted molar refractivity (Wildman–Crippen MR) is 81.1 cm³/mol. The molecule has 1 aromatic heterocycles.